The molecule has 10 heteroatoms. The molecule has 0 saturated heterocycles. The van der Waals surface area contributed by atoms with Crippen LogP contribution in [0, 0.1) is 0 Å². The highest BCUT2D eigenvalue weighted by Gasteiger charge is 2.30. The number of carbonyl (C=O) groups is 1. The van der Waals surface area contributed by atoms with Gasteiger partial charge in [0.25, 0.3) is 15.9 Å². The molecule has 0 aromatic heterocycles. The molecule has 2 N–H and O–H groups in total. The molecule has 0 aliphatic carbocycles. The van der Waals surface area contributed by atoms with Gasteiger partial charge in [-0.05, 0) is 48.0 Å². The topological polar surface area (TPSA) is 84.5 Å². The first-order valence-corrected chi connectivity index (χ1v) is 10.8. The Morgan fingerprint density at radius 1 is 0.969 bits per heavy atom. The van der Waals surface area contributed by atoms with Gasteiger partial charge in [-0.25, -0.2) is 8.42 Å². The SMILES string of the molecule is COc1ccccc1NS(=O)(=O)c1cccc(C(=O)NCc2cccc(C(F)(F)F)c2)c1. The average molecular weight is 464 g/mol. The summed E-state index contributed by atoms with van der Waals surface area (Å²) in [6.45, 7) is -0.154. The number of rotatable bonds is 7. The number of anilines is 1. The Bertz CT molecular complexity index is 1230. The molecule has 168 valence electrons. The number of ether oxygens (including phenoxy) is 1. The van der Waals surface area contributed by atoms with E-state index in [1.54, 1.807) is 18.2 Å². The Labute approximate surface area is 183 Å². The lowest BCUT2D eigenvalue weighted by Crippen LogP contribution is -2.23. The highest BCUT2D eigenvalue weighted by molar-refractivity contribution is 7.92. The minimum Gasteiger partial charge on any atom is -0.495 e. The van der Waals surface area contributed by atoms with E-state index < -0.39 is 27.7 Å². The number of methoxy groups -OCH3 is 1. The maximum atomic E-state index is 12.8. The van der Waals surface area contributed by atoms with E-state index in [0.717, 1.165) is 12.1 Å². The molecule has 0 fully saturated rings. The summed E-state index contributed by atoms with van der Waals surface area (Å²) in [4.78, 5) is 12.3. The molecule has 0 saturated carbocycles. The van der Waals surface area contributed by atoms with Gasteiger partial charge in [-0.2, -0.15) is 13.2 Å². The third-order valence-electron chi connectivity index (χ3n) is 4.47. The normalized spacial score (nSPS) is 11.6. The van der Waals surface area contributed by atoms with Gasteiger partial charge < -0.3 is 10.1 Å². The van der Waals surface area contributed by atoms with Crippen molar-refractivity contribution in [1.82, 2.24) is 5.32 Å². The van der Waals surface area contributed by atoms with Crippen molar-refractivity contribution in [3.05, 3.63) is 89.5 Å². The number of alkyl halides is 3. The zero-order valence-corrected chi connectivity index (χ0v) is 17.6. The second-order valence-corrected chi connectivity index (χ2v) is 8.40. The van der Waals surface area contributed by atoms with Crippen LogP contribution in [0.2, 0.25) is 0 Å². The lowest BCUT2D eigenvalue weighted by atomic mass is 10.1. The van der Waals surface area contributed by atoms with E-state index in [2.05, 4.69) is 10.0 Å². The molecule has 0 atom stereocenters. The van der Waals surface area contributed by atoms with Crippen LogP contribution in [-0.4, -0.2) is 21.4 Å². The van der Waals surface area contributed by atoms with Crippen LogP contribution < -0.4 is 14.8 Å². The molecular weight excluding hydrogens is 445 g/mol. The van der Waals surface area contributed by atoms with Crippen molar-refractivity contribution < 1.29 is 31.1 Å². The molecule has 0 aliphatic heterocycles. The highest BCUT2D eigenvalue weighted by atomic mass is 32.2. The van der Waals surface area contributed by atoms with Gasteiger partial charge in [0.2, 0.25) is 0 Å². The lowest BCUT2D eigenvalue weighted by Gasteiger charge is -2.12. The Morgan fingerprint density at radius 3 is 2.41 bits per heavy atom. The molecule has 0 bridgehead atoms. The number of halogens is 3. The maximum Gasteiger partial charge on any atom is 0.416 e. The van der Waals surface area contributed by atoms with Crippen molar-refractivity contribution in [1.29, 1.82) is 0 Å². The van der Waals surface area contributed by atoms with Gasteiger partial charge in [0.15, 0.2) is 0 Å². The average Bonchev–Trinajstić information content (AvgIpc) is 2.77. The quantitative estimate of drug-likeness (QED) is 0.541. The molecule has 0 spiro atoms. The fourth-order valence-electron chi connectivity index (χ4n) is 2.88. The largest absolute Gasteiger partial charge is 0.495 e. The number of benzene rings is 3. The summed E-state index contributed by atoms with van der Waals surface area (Å²) in [6, 6.07) is 16.3. The molecule has 3 aromatic rings. The number of amides is 1. The number of nitrogens with one attached hydrogen (secondary N) is 2. The van der Waals surface area contributed by atoms with Gasteiger partial charge in [-0.3, -0.25) is 9.52 Å². The van der Waals surface area contributed by atoms with Crippen molar-refractivity contribution in [3.8, 4) is 5.75 Å². The first kappa shape index (κ1) is 23.1. The Morgan fingerprint density at radius 2 is 1.69 bits per heavy atom. The molecule has 0 aliphatic rings. The minimum absolute atomic E-state index is 0.0416. The van der Waals surface area contributed by atoms with E-state index in [1.165, 1.54) is 49.6 Å². The van der Waals surface area contributed by atoms with Gasteiger partial charge in [-0.1, -0.05) is 30.3 Å². The van der Waals surface area contributed by atoms with E-state index in [9.17, 15) is 26.4 Å². The highest BCUT2D eigenvalue weighted by Crippen LogP contribution is 2.29. The molecule has 32 heavy (non-hydrogen) atoms. The summed E-state index contributed by atoms with van der Waals surface area (Å²) >= 11 is 0. The van der Waals surface area contributed by atoms with Crippen LogP contribution in [0.1, 0.15) is 21.5 Å². The summed E-state index contributed by atoms with van der Waals surface area (Å²) in [7, 11) is -2.62. The maximum absolute atomic E-state index is 12.8. The molecule has 0 heterocycles. The van der Waals surface area contributed by atoms with Crippen molar-refractivity contribution in [3.63, 3.8) is 0 Å². The standard InChI is InChI=1S/C22H19F3N2O4S/c1-31-20-11-3-2-10-19(20)27-32(29,30)18-9-5-7-16(13-18)21(28)26-14-15-6-4-8-17(12-15)22(23,24)25/h2-13,27H,14H2,1H3,(H,26,28). The molecule has 6 nitrogen and oxygen atoms in total. The molecule has 0 radical (unpaired) electrons. The van der Waals surface area contributed by atoms with Crippen molar-refractivity contribution >= 4 is 21.6 Å². The van der Waals surface area contributed by atoms with Crippen molar-refractivity contribution in [2.75, 3.05) is 11.8 Å². The monoisotopic (exact) mass is 464 g/mol. The van der Waals surface area contributed by atoms with Crippen LogP contribution in [0.3, 0.4) is 0 Å². The van der Waals surface area contributed by atoms with Crippen molar-refractivity contribution in [2.24, 2.45) is 0 Å². The first-order valence-electron chi connectivity index (χ1n) is 9.30. The molecular formula is C22H19F3N2O4S. The van der Waals surface area contributed by atoms with Crippen molar-refractivity contribution in [2.45, 2.75) is 17.6 Å². The fraction of sp³-hybridized carbons (Fsp3) is 0.136. The van der Waals surface area contributed by atoms with Gasteiger partial charge in [-0.15, -0.1) is 0 Å². The number of hydrogen-bond acceptors (Lipinski definition) is 4. The number of sulfonamides is 1. The summed E-state index contributed by atoms with van der Waals surface area (Å²) < 4.78 is 71.5. The van der Waals surface area contributed by atoms with Gasteiger partial charge >= 0.3 is 6.18 Å². The van der Waals surface area contributed by atoms with Gasteiger partial charge in [0.1, 0.15) is 5.75 Å². The summed E-state index contributed by atoms with van der Waals surface area (Å²) in [6.07, 6.45) is -4.49. The molecule has 3 rings (SSSR count). The number of para-hydroxylation sites is 2. The van der Waals surface area contributed by atoms with Crippen LogP contribution in [0.25, 0.3) is 0 Å². The van der Waals surface area contributed by atoms with Crippen LogP contribution in [0.4, 0.5) is 18.9 Å². The second-order valence-electron chi connectivity index (χ2n) is 6.71. The predicted molar refractivity (Wildman–Crippen MR) is 113 cm³/mol. The number of carbonyl (C=O) groups excluding carboxylic acids is 1. The van der Waals surface area contributed by atoms with Crippen LogP contribution >= 0.6 is 0 Å². The Balaban J connectivity index is 1.75. The van der Waals surface area contributed by atoms with Gasteiger partial charge in [0, 0.05) is 12.1 Å². The van der Waals surface area contributed by atoms with Gasteiger partial charge in [0.05, 0.1) is 23.3 Å². The fourth-order valence-corrected chi connectivity index (χ4v) is 3.99. The van der Waals surface area contributed by atoms with E-state index in [1.807, 2.05) is 0 Å². The van der Waals surface area contributed by atoms with Crippen LogP contribution in [-0.2, 0) is 22.7 Å². The zero-order valence-electron chi connectivity index (χ0n) is 16.8. The summed E-state index contributed by atoms with van der Waals surface area (Å²) in [5, 5.41) is 2.50. The lowest BCUT2D eigenvalue weighted by molar-refractivity contribution is -0.137. The van der Waals surface area contributed by atoms with E-state index in [-0.39, 0.29) is 28.3 Å². The third-order valence-corrected chi connectivity index (χ3v) is 5.83. The predicted octanol–water partition coefficient (Wildman–Crippen LogP) is 4.44. The van der Waals surface area contributed by atoms with Crippen LogP contribution in [0.5, 0.6) is 5.75 Å². The molecule has 0 unspecified atom stereocenters. The van der Waals surface area contributed by atoms with E-state index >= 15 is 0 Å². The minimum atomic E-state index is -4.49. The van der Waals surface area contributed by atoms with E-state index in [4.69, 9.17) is 4.74 Å². The first-order chi connectivity index (χ1) is 15.1. The summed E-state index contributed by atoms with van der Waals surface area (Å²) in [5.74, 6) is -0.303. The molecule has 1 amide bonds. The van der Waals surface area contributed by atoms with Crippen LogP contribution in [0.15, 0.2) is 77.7 Å². The van der Waals surface area contributed by atoms with E-state index in [0.29, 0.717) is 5.75 Å². The molecule has 3 aromatic carbocycles. The number of hydrogen-bond donors (Lipinski definition) is 2. The smallest absolute Gasteiger partial charge is 0.416 e. The Hall–Kier alpha value is -3.53. The Kier molecular flexibility index (Phi) is 6.73. The zero-order chi connectivity index (χ0) is 23.4. The second kappa shape index (κ2) is 9.31. The summed E-state index contributed by atoms with van der Waals surface area (Å²) in [5.41, 5.74) is -0.288. The third kappa shape index (κ3) is 5.58.